The first-order chi connectivity index (χ1) is 15.2. The van der Waals surface area contributed by atoms with Crippen LogP contribution in [0.4, 0.5) is 0 Å². The number of nitriles is 1. The van der Waals surface area contributed by atoms with Crippen LogP contribution in [0, 0.1) is 11.3 Å². The Morgan fingerprint density at radius 2 is 1.84 bits per heavy atom. The van der Waals surface area contributed by atoms with Crippen LogP contribution < -0.4 is 19.6 Å². The van der Waals surface area contributed by atoms with E-state index in [1.54, 1.807) is 19.4 Å². The normalized spacial score (nSPS) is 10.5. The van der Waals surface area contributed by atoms with Gasteiger partial charge < -0.3 is 19.6 Å². The van der Waals surface area contributed by atoms with E-state index in [1.807, 2.05) is 67.6 Å². The van der Waals surface area contributed by atoms with E-state index >= 15 is 0 Å². The molecule has 0 aliphatic rings. The van der Waals surface area contributed by atoms with E-state index < -0.39 is 0 Å². The fraction of sp³-hybridized carbons (Fsp3) is 0.200. The minimum Gasteiger partial charge on any atom is -0.496 e. The molecule has 0 saturated carbocycles. The number of methoxy groups -OCH3 is 1. The van der Waals surface area contributed by atoms with Crippen LogP contribution >= 0.6 is 0 Å². The number of para-hydroxylation sites is 1. The molecule has 6 nitrogen and oxygen atoms in total. The van der Waals surface area contributed by atoms with Gasteiger partial charge in [-0.3, -0.25) is 0 Å². The highest BCUT2D eigenvalue weighted by Gasteiger charge is 2.07. The lowest BCUT2D eigenvalue weighted by atomic mass is 10.1. The molecule has 0 aromatic heterocycles. The Balaban J connectivity index is 1.63. The molecule has 3 aromatic rings. The molecule has 0 bridgehead atoms. The van der Waals surface area contributed by atoms with E-state index in [9.17, 15) is 0 Å². The zero-order chi connectivity index (χ0) is 21.9. The standard InChI is InChI=1S/C25H25N3O3/c1-3-30-25-14-20(16-27-28-17-22-9-4-5-10-23(22)29-2)11-12-24(25)31-18-21-8-6-7-19(13-21)15-26/h4-14,16,28H,3,17-18H2,1-2H3/b27-16+. The van der Waals surface area contributed by atoms with Crippen LogP contribution in [0.1, 0.15) is 29.2 Å². The van der Waals surface area contributed by atoms with Crippen LogP contribution in [0.5, 0.6) is 17.2 Å². The lowest BCUT2D eigenvalue weighted by Crippen LogP contribution is -2.07. The second-order valence-electron chi connectivity index (χ2n) is 6.64. The summed E-state index contributed by atoms with van der Waals surface area (Å²) in [6.45, 7) is 3.36. The third-order valence-corrected chi connectivity index (χ3v) is 4.48. The van der Waals surface area contributed by atoms with Gasteiger partial charge in [0.2, 0.25) is 0 Å². The minimum absolute atomic E-state index is 0.351. The topological polar surface area (TPSA) is 75.9 Å². The molecule has 1 N–H and O–H groups in total. The molecule has 0 fully saturated rings. The first kappa shape index (κ1) is 21.7. The van der Waals surface area contributed by atoms with Gasteiger partial charge in [0.15, 0.2) is 11.5 Å². The lowest BCUT2D eigenvalue weighted by molar-refractivity contribution is 0.269. The molecular weight excluding hydrogens is 390 g/mol. The van der Waals surface area contributed by atoms with Gasteiger partial charge in [0.1, 0.15) is 12.4 Å². The first-order valence-corrected chi connectivity index (χ1v) is 10.00. The number of hydrogen-bond donors (Lipinski definition) is 1. The summed E-state index contributed by atoms with van der Waals surface area (Å²) in [6, 6.07) is 23.0. The number of hydrogen-bond acceptors (Lipinski definition) is 6. The van der Waals surface area contributed by atoms with Crippen LogP contribution in [0.3, 0.4) is 0 Å². The van der Waals surface area contributed by atoms with Crippen molar-refractivity contribution in [3.05, 3.63) is 89.0 Å². The number of hydrazone groups is 1. The van der Waals surface area contributed by atoms with Crippen LogP contribution in [-0.2, 0) is 13.2 Å². The van der Waals surface area contributed by atoms with Crippen LogP contribution in [0.2, 0.25) is 0 Å². The molecule has 6 heteroatoms. The maximum atomic E-state index is 9.04. The van der Waals surface area contributed by atoms with Gasteiger partial charge in [-0.2, -0.15) is 10.4 Å². The van der Waals surface area contributed by atoms with Crippen molar-refractivity contribution in [3.63, 3.8) is 0 Å². The average molecular weight is 415 g/mol. The third kappa shape index (κ3) is 6.25. The van der Waals surface area contributed by atoms with Gasteiger partial charge in [-0.15, -0.1) is 0 Å². The van der Waals surface area contributed by atoms with Gasteiger partial charge in [-0.1, -0.05) is 30.3 Å². The van der Waals surface area contributed by atoms with E-state index in [1.165, 1.54) is 0 Å². The maximum Gasteiger partial charge on any atom is 0.161 e. The second kappa shape index (κ2) is 11.3. The lowest BCUT2D eigenvalue weighted by Gasteiger charge is -2.13. The number of rotatable bonds is 10. The Bertz CT molecular complexity index is 1070. The van der Waals surface area contributed by atoms with Crippen molar-refractivity contribution in [2.75, 3.05) is 13.7 Å². The Morgan fingerprint density at radius 3 is 2.65 bits per heavy atom. The molecule has 0 saturated heterocycles. The van der Waals surface area contributed by atoms with Gasteiger partial charge in [-0.25, -0.2) is 0 Å². The summed E-state index contributed by atoms with van der Waals surface area (Å²) in [5, 5.41) is 13.3. The smallest absolute Gasteiger partial charge is 0.161 e. The van der Waals surface area contributed by atoms with E-state index in [4.69, 9.17) is 19.5 Å². The number of benzene rings is 3. The fourth-order valence-corrected chi connectivity index (χ4v) is 2.98. The fourth-order valence-electron chi connectivity index (χ4n) is 2.98. The summed E-state index contributed by atoms with van der Waals surface area (Å²) in [4.78, 5) is 0. The third-order valence-electron chi connectivity index (χ3n) is 4.48. The molecule has 0 atom stereocenters. The molecule has 0 amide bonds. The van der Waals surface area contributed by atoms with E-state index in [0.29, 0.717) is 36.8 Å². The van der Waals surface area contributed by atoms with Crippen molar-refractivity contribution in [3.8, 4) is 23.3 Å². The van der Waals surface area contributed by atoms with Crippen molar-refractivity contribution in [1.29, 1.82) is 5.26 Å². The minimum atomic E-state index is 0.351. The predicted molar refractivity (Wildman–Crippen MR) is 121 cm³/mol. The van der Waals surface area contributed by atoms with E-state index in [-0.39, 0.29) is 0 Å². The van der Waals surface area contributed by atoms with Gasteiger partial charge in [-0.05, 0) is 54.4 Å². The van der Waals surface area contributed by atoms with Crippen LogP contribution in [0.15, 0.2) is 71.8 Å². The molecule has 0 radical (unpaired) electrons. The monoisotopic (exact) mass is 415 g/mol. The zero-order valence-corrected chi connectivity index (χ0v) is 17.7. The molecule has 0 spiro atoms. The zero-order valence-electron chi connectivity index (χ0n) is 17.7. The molecule has 0 aliphatic carbocycles. The molecule has 0 heterocycles. The Kier molecular flexibility index (Phi) is 7.90. The number of nitrogens with one attached hydrogen (secondary N) is 1. The SMILES string of the molecule is CCOc1cc(/C=N/NCc2ccccc2OC)ccc1OCc1cccc(C#N)c1. The molecule has 0 aliphatic heterocycles. The molecule has 3 rings (SSSR count). The summed E-state index contributed by atoms with van der Waals surface area (Å²) in [6.07, 6.45) is 1.73. The molecule has 31 heavy (non-hydrogen) atoms. The maximum absolute atomic E-state index is 9.04. The summed E-state index contributed by atoms with van der Waals surface area (Å²) < 4.78 is 17.0. The predicted octanol–water partition coefficient (Wildman–Crippen LogP) is 4.67. The Labute approximate surface area is 182 Å². The second-order valence-corrected chi connectivity index (χ2v) is 6.64. The molecule has 0 unspecified atom stereocenters. The molecular formula is C25H25N3O3. The molecule has 3 aromatic carbocycles. The Morgan fingerprint density at radius 1 is 0.968 bits per heavy atom. The van der Waals surface area contributed by atoms with Gasteiger partial charge >= 0.3 is 0 Å². The highest BCUT2D eigenvalue weighted by Crippen LogP contribution is 2.29. The van der Waals surface area contributed by atoms with Crippen molar-refractivity contribution >= 4 is 6.21 Å². The summed E-state index contributed by atoms with van der Waals surface area (Å²) in [5.74, 6) is 2.11. The van der Waals surface area contributed by atoms with Crippen molar-refractivity contribution in [1.82, 2.24) is 5.43 Å². The largest absolute Gasteiger partial charge is 0.496 e. The van der Waals surface area contributed by atoms with E-state index in [0.717, 1.165) is 22.4 Å². The van der Waals surface area contributed by atoms with E-state index in [2.05, 4.69) is 16.6 Å². The molecule has 158 valence electrons. The van der Waals surface area contributed by atoms with Crippen LogP contribution in [0.25, 0.3) is 0 Å². The van der Waals surface area contributed by atoms with Crippen LogP contribution in [-0.4, -0.2) is 19.9 Å². The summed E-state index contributed by atoms with van der Waals surface area (Å²) in [5.41, 5.74) is 6.49. The summed E-state index contributed by atoms with van der Waals surface area (Å²) in [7, 11) is 1.65. The van der Waals surface area contributed by atoms with Gasteiger partial charge in [0.25, 0.3) is 0 Å². The summed E-state index contributed by atoms with van der Waals surface area (Å²) >= 11 is 0. The van der Waals surface area contributed by atoms with Crippen molar-refractivity contribution < 1.29 is 14.2 Å². The number of nitrogens with zero attached hydrogens (tertiary/aromatic N) is 2. The number of ether oxygens (including phenoxy) is 3. The first-order valence-electron chi connectivity index (χ1n) is 10.00. The highest BCUT2D eigenvalue weighted by atomic mass is 16.5. The van der Waals surface area contributed by atoms with Crippen molar-refractivity contribution in [2.45, 2.75) is 20.1 Å². The average Bonchev–Trinajstić information content (AvgIpc) is 2.82. The van der Waals surface area contributed by atoms with Gasteiger partial charge in [0, 0.05) is 5.56 Å². The Hall–Kier alpha value is -3.98. The van der Waals surface area contributed by atoms with Gasteiger partial charge in [0.05, 0.1) is 38.1 Å². The van der Waals surface area contributed by atoms with Crippen molar-refractivity contribution in [2.24, 2.45) is 5.10 Å². The quantitative estimate of drug-likeness (QED) is 0.385. The highest BCUT2D eigenvalue weighted by molar-refractivity contribution is 5.80.